The molecular weight excluding hydrogens is 508 g/mol. The predicted molar refractivity (Wildman–Crippen MR) is 150 cm³/mol. The van der Waals surface area contributed by atoms with Crippen LogP contribution in [0.4, 0.5) is 5.69 Å². The summed E-state index contributed by atoms with van der Waals surface area (Å²) in [7, 11) is 0. The molecular formula is C27H32N4O4S2. The fourth-order valence-electron chi connectivity index (χ4n) is 4.07. The van der Waals surface area contributed by atoms with Gasteiger partial charge < -0.3 is 24.8 Å². The van der Waals surface area contributed by atoms with Crippen molar-refractivity contribution in [3.8, 4) is 16.5 Å². The smallest absolute Gasteiger partial charge is 0.254 e. The predicted octanol–water partition coefficient (Wildman–Crippen LogP) is 3.17. The van der Waals surface area contributed by atoms with Gasteiger partial charge in [-0.25, -0.2) is 0 Å². The topological polar surface area (TPSA) is 124 Å². The zero-order valence-corrected chi connectivity index (χ0v) is 22.4. The summed E-state index contributed by atoms with van der Waals surface area (Å²) in [6.07, 6.45) is -1.03. The van der Waals surface area contributed by atoms with Crippen molar-refractivity contribution in [3.63, 3.8) is 0 Å². The minimum absolute atomic E-state index is 0.0700. The number of anilines is 1. The van der Waals surface area contributed by atoms with Crippen molar-refractivity contribution in [1.82, 2.24) is 9.62 Å². The first-order valence-electron chi connectivity index (χ1n) is 12.2. The minimum atomic E-state index is -1.78. The molecule has 0 aliphatic carbocycles. The standard InChI is InChI=1S/C27H32N4O4S2/c1-19(27(16-28)37(34)30-17-24(33)18-32)25-6-7-26(36-25)22-3-2-21-15-23(5-4-20(21)14-22)29-8-9-31-10-12-35-13-11-31/h2-7,14-15,24,29-30,32-33H,8-13,17-18H2,1H3/b27-19+. The molecule has 3 aromatic rings. The monoisotopic (exact) mass is 540 g/mol. The zero-order valence-electron chi connectivity index (χ0n) is 20.8. The molecule has 1 aliphatic heterocycles. The fourth-order valence-corrected chi connectivity index (χ4v) is 6.10. The van der Waals surface area contributed by atoms with Gasteiger partial charge in [0.25, 0.3) is 4.91 Å². The maximum atomic E-state index is 12.5. The molecule has 2 atom stereocenters. The molecule has 1 aliphatic rings. The zero-order chi connectivity index (χ0) is 26.2. The van der Waals surface area contributed by atoms with Crippen LogP contribution in [0.2, 0.25) is 0 Å². The van der Waals surface area contributed by atoms with Crippen molar-refractivity contribution in [2.24, 2.45) is 0 Å². The van der Waals surface area contributed by atoms with Crippen molar-refractivity contribution >= 4 is 44.7 Å². The van der Waals surface area contributed by atoms with Crippen LogP contribution < -0.4 is 10.0 Å². The average molecular weight is 541 g/mol. The normalized spacial score (nSPS) is 16.7. The van der Waals surface area contributed by atoms with E-state index in [1.165, 1.54) is 11.3 Å². The van der Waals surface area contributed by atoms with E-state index < -0.39 is 24.1 Å². The first-order chi connectivity index (χ1) is 18.0. The van der Waals surface area contributed by atoms with E-state index in [2.05, 4.69) is 51.3 Å². The Kier molecular flexibility index (Phi) is 9.96. The number of thiophene rings is 1. The van der Waals surface area contributed by atoms with Crippen LogP contribution in [0.3, 0.4) is 0 Å². The Morgan fingerprint density at radius 2 is 1.95 bits per heavy atom. The average Bonchev–Trinajstić information content (AvgIpc) is 3.43. The molecule has 196 valence electrons. The Balaban J connectivity index is 1.43. The van der Waals surface area contributed by atoms with Crippen molar-refractivity contribution in [2.45, 2.75) is 13.0 Å². The van der Waals surface area contributed by atoms with Gasteiger partial charge in [-0.2, -0.15) is 5.26 Å². The molecule has 0 radical (unpaired) electrons. The lowest BCUT2D eigenvalue weighted by molar-refractivity contribution is 0.0398. The highest BCUT2D eigenvalue weighted by Crippen LogP contribution is 2.35. The summed E-state index contributed by atoms with van der Waals surface area (Å²) in [6.45, 7) is 6.74. The van der Waals surface area contributed by atoms with Gasteiger partial charge in [-0.3, -0.25) is 4.90 Å². The second-order valence-electron chi connectivity index (χ2n) is 8.84. The van der Waals surface area contributed by atoms with E-state index in [0.29, 0.717) is 5.57 Å². The number of nitrogens with one attached hydrogen (secondary N) is 2. The van der Waals surface area contributed by atoms with E-state index >= 15 is 0 Å². The molecule has 0 amide bonds. The highest BCUT2D eigenvalue weighted by molar-refractivity contribution is 7.93. The number of benzene rings is 2. The first kappa shape index (κ1) is 27.6. The third-order valence-electron chi connectivity index (χ3n) is 6.25. The molecule has 1 saturated heterocycles. The van der Waals surface area contributed by atoms with Gasteiger partial charge in [0.05, 0.1) is 43.8 Å². The van der Waals surface area contributed by atoms with Gasteiger partial charge in [0.1, 0.15) is 0 Å². The number of hydrogen-bond acceptors (Lipinski definition) is 9. The van der Waals surface area contributed by atoms with Gasteiger partial charge in [-0.1, -0.05) is 18.2 Å². The number of ether oxygens (including phenoxy) is 1. The quantitative estimate of drug-likeness (QED) is 0.216. The largest absolute Gasteiger partial charge is 0.592 e. The van der Waals surface area contributed by atoms with E-state index in [4.69, 9.17) is 9.84 Å². The Bertz CT molecular complexity index is 1270. The van der Waals surface area contributed by atoms with Crippen LogP contribution in [0.25, 0.3) is 26.8 Å². The summed E-state index contributed by atoms with van der Waals surface area (Å²) in [6, 6.07) is 18.7. The maximum Gasteiger partial charge on any atom is 0.254 e. The van der Waals surface area contributed by atoms with Gasteiger partial charge in [0.2, 0.25) is 0 Å². The second-order valence-corrected chi connectivity index (χ2v) is 11.2. The summed E-state index contributed by atoms with van der Waals surface area (Å²) in [5, 5.41) is 33.8. The number of morpholine rings is 1. The molecule has 0 spiro atoms. The summed E-state index contributed by atoms with van der Waals surface area (Å²) in [5.74, 6) is 0. The van der Waals surface area contributed by atoms with Gasteiger partial charge in [-0.15, -0.1) is 16.1 Å². The molecule has 0 saturated carbocycles. The van der Waals surface area contributed by atoms with Gasteiger partial charge in [0.15, 0.2) is 6.07 Å². The molecule has 4 rings (SSSR count). The van der Waals surface area contributed by atoms with E-state index in [1.807, 2.05) is 18.2 Å². The highest BCUT2D eigenvalue weighted by atomic mass is 32.2. The second kappa shape index (κ2) is 13.4. The van der Waals surface area contributed by atoms with Crippen LogP contribution in [0.5, 0.6) is 0 Å². The SMILES string of the molecule is C/C(=C(/C#N)[S+]([O-])NCC(O)CO)c1ccc(-c2ccc3cc(NCCN4CCOCC4)ccc3c2)s1. The molecule has 37 heavy (non-hydrogen) atoms. The van der Waals surface area contributed by atoms with Crippen molar-refractivity contribution in [2.75, 3.05) is 57.9 Å². The molecule has 2 unspecified atom stereocenters. The van der Waals surface area contributed by atoms with E-state index in [1.54, 1.807) is 6.92 Å². The summed E-state index contributed by atoms with van der Waals surface area (Å²) in [4.78, 5) is 4.41. The molecule has 0 bridgehead atoms. The van der Waals surface area contributed by atoms with Crippen LogP contribution in [0.1, 0.15) is 11.8 Å². The van der Waals surface area contributed by atoms with Crippen LogP contribution in [-0.2, 0) is 16.1 Å². The Morgan fingerprint density at radius 1 is 1.19 bits per heavy atom. The lowest BCUT2D eigenvalue weighted by atomic mass is 10.1. The Labute approximate surface area is 224 Å². The number of allylic oxidation sites excluding steroid dienone is 2. The third kappa shape index (κ3) is 7.31. The molecule has 1 fully saturated rings. The molecule has 1 aromatic heterocycles. The number of hydrogen-bond donors (Lipinski definition) is 4. The molecule has 8 nitrogen and oxygen atoms in total. The molecule has 10 heteroatoms. The van der Waals surface area contributed by atoms with Crippen molar-refractivity contribution in [3.05, 3.63) is 58.3 Å². The van der Waals surface area contributed by atoms with Gasteiger partial charge in [-0.05, 0) is 53.6 Å². The van der Waals surface area contributed by atoms with E-state index in [9.17, 15) is 14.9 Å². The first-order valence-corrected chi connectivity index (χ1v) is 14.2. The molecule has 4 N–H and O–H groups in total. The number of aliphatic hydroxyl groups is 2. The Hall–Kier alpha value is -2.46. The lowest BCUT2D eigenvalue weighted by Gasteiger charge is -2.26. The lowest BCUT2D eigenvalue weighted by Crippen LogP contribution is -2.38. The number of rotatable bonds is 11. The highest BCUT2D eigenvalue weighted by Gasteiger charge is 2.21. The van der Waals surface area contributed by atoms with E-state index in [-0.39, 0.29) is 11.4 Å². The van der Waals surface area contributed by atoms with E-state index in [0.717, 1.165) is 71.2 Å². The van der Waals surface area contributed by atoms with Crippen LogP contribution in [0, 0.1) is 11.3 Å². The number of aliphatic hydroxyl groups excluding tert-OH is 2. The summed E-state index contributed by atoms with van der Waals surface area (Å²) < 4.78 is 20.5. The Morgan fingerprint density at radius 3 is 2.70 bits per heavy atom. The van der Waals surface area contributed by atoms with Crippen LogP contribution >= 0.6 is 11.3 Å². The molecule has 2 heterocycles. The number of nitrogens with zero attached hydrogens (tertiary/aromatic N) is 2. The number of nitriles is 1. The van der Waals surface area contributed by atoms with Crippen molar-refractivity contribution < 1.29 is 19.5 Å². The van der Waals surface area contributed by atoms with Gasteiger partial charge in [0, 0.05) is 47.2 Å². The van der Waals surface area contributed by atoms with Crippen LogP contribution in [0.15, 0.2) is 53.4 Å². The fraction of sp³-hybridized carbons (Fsp3) is 0.370. The number of fused-ring (bicyclic) bond motifs is 1. The maximum absolute atomic E-state index is 12.5. The minimum Gasteiger partial charge on any atom is -0.592 e. The summed E-state index contributed by atoms with van der Waals surface area (Å²) >= 11 is -0.247. The summed E-state index contributed by atoms with van der Waals surface area (Å²) in [5.41, 5.74) is 2.80. The third-order valence-corrected chi connectivity index (χ3v) is 8.70. The van der Waals surface area contributed by atoms with Gasteiger partial charge >= 0.3 is 0 Å². The van der Waals surface area contributed by atoms with Crippen LogP contribution in [-0.4, -0.2) is 78.3 Å². The van der Waals surface area contributed by atoms with Crippen molar-refractivity contribution in [1.29, 1.82) is 5.26 Å². The molecule has 2 aromatic carbocycles.